The Labute approximate surface area is 122 Å². The molecule has 106 valence electrons. The molecule has 2 aromatic carbocycles. The number of methoxy groups -OCH3 is 1. The average molecular weight is 281 g/mol. The third-order valence-electron chi connectivity index (χ3n) is 2.97. The lowest BCUT2D eigenvalue weighted by molar-refractivity contribution is -0.134. The highest BCUT2D eigenvalue weighted by molar-refractivity contribution is 6.12. The van der Waals surface area contributed by atoms with Gasteiger partial charge in [-0.1, -0.05) is 36.4 Å². The number of rotatable bonds is 4. The van der Waals surface area contributed by atoms with Crippen LogP contribution in [-0.2, 0) is 9.53 Å². The van der Waals surface area contributed by atoms with Crippen molar-refractivity contribution >= 4 is 23.5 Å². The molecular formula is C17H15NO3. The van der Waals surface area contributed by atoms with E-state index in [0.717, 1.165) is 0 Å². The maximum absolute atomic E-state index is 12.4. The zero-order valence-corrected chi connectivity index (χ0v) is 11.6. The number of ether oxygens (including phenoxy) is 1. The summed E-state index contributed by atoms with van der Waals surface area (Å²) in [5, 5.41) is 0. The van der Waals surface area contributed by atoms with Crippen LogP contribution in [0.3, 0.4) is 0 Å². The smallest absolute Gasteiger partial charge is 0.330 e. The van der Waals surface area contributed by atoms with Crippen LogP contribution in [0.5, 0.6) is 0 Å². The van der Waals surface area contributed by atoms with Crippen LogP contribution in [0.2, 0.25) is 0 Å². The van der Waals surface area contributed by atoms with Crippen LogP contribution in [0.25, 0.3) is 6.08 Å². The Morgan fingerprint density at radius 1 is 1.10 bits per heavy atom. The molecule has 0 fully saturated rings. The van der Waals surface area contributed by atoms with Crippen molar-refractivity contribution in [1.82, 2.24) is 0 Å². The van der Waals surface area contributed by atoms with Gasteiger partial charge in [0.05, 0.1) is 7.11 Å². The minimum atomic E-state index is -0.456. The van der Waals surface area contributed by atoms with Crippen molar-refractivity contribution in [2.75, 3.05) is 12.8 Å². The van der Waals surface area contributed by atoms with Gasteiger partial charge in [-0.25, -0.2) is 4.79 Å². The van der Waals surface area contributed by atoms with Crippen LogP contribution in [0.15, 0.2) is 54.6 Å². The first-order valence-corrected chi connectivity index (χ1v) is 6.37. The summed E-state index contributed by atoms with van der Waals surface area (Å²) in [4.78, 5) is 23.5. The van der Waals surface area contributed by atoms with Crippen LogP contribution in [0.4, 0.5) is 5.69 Å². The first kappa shape index (κ1) is 14.5. The number of hydrogen-bond donors (Lipinski definition) is 1. The number of carbonyl (C=O) groups is 2. The molecule has 0 atom stereocenters. The average Bonchev–Trinajstić information content (AvgIpc) is 2.54. The Morgan fingerprint density at radius 2 is 1.81 bits per heavy atom. The molecule has 0 saturated carbocycles. The molecule has 0 aromatic heterocycles. The molecule has 0 unspecified atom stereocenters. The lowest BCUT2D eigenvalue weighted by atomic mass is 9.99. The van der Waals surface area contributed by atoms with Crippen molar-refractivity contribution in [1.29, 1.82) is 0 Å². The highest BCUT2D eigenvalue weighted by Crippen LogP contribution is 2.19. The van der Waals surface area contributed by atoms with E-state index >= 15 is 0 Å². The predicted octanol–water partition coefficient (Wildman–Crippen LogP) is 2.69. The van der Waals surface area contributed by atoms with Crippen molar-refractivity contribution in [2.24, 2.45) is 0 Å². The molecule has 0 aliphatic carbocycles. The minimum absolute atomic E-state index is 0.151. The maximum Gasteiger partial charge on any atom is 0.330 e. The SMILES string of the molecule is COC(=O)C=Cc1ccc(N)c(C(=O)c2ccccc2)c1. The second-order valence-electron chi connectivity index (χ2n) is 4.40. The van der Waals surface area contributed by atoms with Crippen molar-refractivity contribution < 1.29 is 14.3 Å². The van der Waals surface area contributed by atoms with Gasteiger partial charge in [-0.3, -0.25) is 4.79 Å². The Morgan fingerprint density at radius 3 is 2.48 bits per heavy atom. The normalized spacial score (nSPS) is 10.5. The van der Waals surface area contributed by atoms with Crippen molar-refractivity contribution in [3.63, 3.8) is 0 Å². The van der Waals surface area contributed by atoms with E-state index in [1.165, 1.54) is 13.2 Å². The Hall–Kier alpha value is -2.88. The molecule has 21 heavy (non-hydrogen) atoms. The molecule has 0 heterocycles. The van der Waals surface area contributed by atoms with Gasteiger partial charge in [0, 0.05) is 22.9 Å². The number of carbonyl (C=O) groups excluding carboxylic acids is 2. The molecule has 0 aliphatic rings. The lowest BCUT2D eigenvalue weighted by Crippen LogP contribution is -2.05. The minimum Gasteiger partial charge on any atom is -0.466 e. The summed E-state index contributed by atoms with van der Waals surface area (Å²) in [6.45, 7) is 0. The summed E-state index contributed by atoms with van der Waals surface area (Å²) < 4.78 is 4.53. The zero-order valence-electron chi connectivity index (χ0n) is 11.6. The van der Waals surface area contributed by atoms with E-state index in [0.29, 0.717) is 22.4 Å². The van der Waals surface area contributed by atoms with Gasteiger partial charge < -0.3 is 10.5 Å². The van der Waals surface area contributed by atoms with Crippen molar-refractivity contribution in [2.45, 2.75) is 0 Å². The first-order valence-electron chi connectivity index (χ1n) is 6.37. The van der Waals surface area contributed by atoms with Gasteiger partial charge in [0.15, 0.2) is 5.78 Å². The lowest BCUT2D eigenvalue weighted by Gasteiger charge is -2.06. The van der Waals surface area contributed by atoms with E-state index in [2.05, 4.69) is 4.74 Å². The van der Waals surface area contributed by atoms with Crippen LogP contribution in [0, 0.1) is 0 Å². The number of benzene rings is 2. The molecule has 2 rings (SSSR count). The van der Waals surface area contributed by atoms with E-state index in [4.69, 9.17) is 5.73 Å². The fourth-order valence-electron chi connectivity index (χ4n) is 1.85. The third kappa shape index (κ3) is 3.57. The summed E-state index contributed by atoms with van der Waals surface area (Å²) in [7, 11) is 1.31. The molecule has 0 amide bonds. The van der Waals surface area contributed by atoms with Gasteiger partial charge in [0.25, 0.3) is 0 Å². The van der Waals surface area contributed by atoms with E-state index in [1.54, 1.807) is 48.5 Å². The Balaban J connectivity index is 2.34. The van der Waals surface area contributed by atoms with Crippen molar-refractivity contribution in [3.8, 4) is 0 Å². The molecule has 0 saturated heterocycles. The second kappa shape index (κ2) is 6.52. The summed E-state index contributed by atoms with van der Waals surface area (Å²) in [5.41, 5.74) is 7.96. The maximum atomic E-state index is 12.4. The highest BCUT2D eigenvalue weighted by Gasteiger charge is 2.12. The second-order valence-corrected chi connectivity index (χ2v) is 4.40. The number of esters is 1. The van der Waals surface area contributed by atoms with Gasteiger partial charge in [0.1, 0.15) is 0 Å². The van der Waals surface area contributed by atoms with Crippen LogP contribution < -0.4 is 5.73 Å². The zero-order chi connectivity index (χ0) is 15.2. The predicted molar refractivity (Wildman–Crippen MR) is 81.8 cm³/mol. The van der Waals surface area contributed by atoms with Gasteiger partial charge >= 0.3 is 5.97 Å². The molecule has 0 spiro atoms. The Bertz CT molecular complexity index is 690. The molecule has 4 heteroatoms. The van der Waals surface area contributed by atoms with Crippen molar-refractivity contribution in [3.05, 3.63) is 71.3 Å². The van der Waals surface area contributed by atoms with E-state index in [1.807, 2.05) is 6.07 Å². The van der Waals surface area contributed by atoms with Crippen LogP contribution in [0.1, 0.15) is 21.5 Å². The molecule has 0 aliphatic heterocycles. The van der Waals surface area contributed by atoms with Gasteiger partial charge in [0.2, 0.25) is 0 Å². The standard InChI is InChI=1S/C17H15NO3/c1-21-16(19)10-8-12-7-9-15(18)14(11-12)17(20)13-5-3-2-4-6-13/h2-11H,18H2,1H3. The molecule has 2 aromatic rings. The van der Waals surface area contributed by atoms with E-state index in [9.17, 15) is 9.59 Å². The van der Waals surface area contributed by atoms with Gasteiger partial charge in [-0.05, 0) is 23.8 Å². The van der Waals surface area contributed by atoms with Gasteiger partial charge in [-0.2, -0.15) is 0 Å². The van der Waals surface area contributed by atoms with Gasteiger partial charge in [-0.15, -0.1) is 0 Å². The van der Waals surface area contributed by atoms with E-state index in [-0.39, 0.29) is 5.78 Å². The number of nitrogens with two attached hydrogens (primary N) is 1. The molecule has 0 bridgehead atoms. The summed E-state index contributed by atoms with van der Waals surface area (Å²) in [6, 6.07) is 13.9. The summed E-state index contributed by atoms with van der Waals surface area (Å²) >= 11 is 0. The Kier molecular flexibility index (Phi) is 4.51. The number of nitrogen functional groups attached to an aromatic ring is 1. The number of ketones is 1. The largest absolute Gasteiger partial charge is 0.466 e. The molecule has 4 nitrogen and oxygen atoms in total. The fraction of sp³-hybridized carbons (Fsp3) is 0.0588. The molecule has 0 radical (unpaired) electrons. The quantitative estimate of drug-likeness (QED) is 0.405. The molecule has 2 N–H and O–H groups in total. The number of anilines is 1. The third-order valence-corrected chi connectivity index (χ3v) is 2.97. The highest BCUT2D eigenvalue weighted by atomic mass is 16.5. The monoisotopic (exact) mass is 281 g/mol. The first-order chi connectivity index (χ1) is 10.1. The van der Waals surface area contributed by atoms with Crippen LogP contribution >= 0.6 is 0 Å². The summed E-state index contributed by atoms with van der Waals surface area (Å²) in [6.07, 6.45) is 2.87. The fourth-order valence-corrected chi connectivity index (χ4v) is 1.85. The van der Waals surface area contributed by atoms with Crippen LogP contribution in [-0.4, -0.2) is 18.9 Å². The summed E-state index contributed by atoms with van der Waals surface area (Å²) in [5.74, 6) is -0.607. The number of hydrogen-bond acceptors (Lipinski definition) is 4. The topological polar surface area (TPSA) is 69.4 Å². The molecular weight excluding hydrogens is 266 g/mol. The van der Waals surface area contributed by atoms with E-state index < -0.39 is 5.97 Å².